The van der Waals surface area contributed by atoms with E-state index in [1.807, 2.05) is 0 Å². The van der Waals surface area contributed by atoms with Gasteiger partial charge in [0.25, 0.3) is 0 Å². The van der Waals surface area contributed by atoms with Crippen LogP contribution in [0.25, 0.3) is 0 Å². The molecule has 0 aromatic heterocycles. The lowest BCUT2D eigenvalue weighted by molar-refractivity contribution is -0.298. The minimum absolute atomic E-state index is 0.142. The zero-order valence-electron chi connectivity index (χ0n) is 8.19. The highest BCUT2D eigenvalue weighted by atomic mass is 16.7. The van der Waals surface area contributed by atoms with E-state index in [0.717, 1.165) is 0 Å². The number of aliphatic hydroxyl groups is 4. The third-order valence-electron chi connectivity index (χ3n) is 2.23. The number of rotatable bonds is 4. The standard InChI is InChI=1S/C9H16O6/c1-2-3-14-9-8(13)7(12)6(11)5(4-10)15-9/h2,5-13H,1,3-4H2/t5?,6-,7+,8?,9?/m1/s1. The second-order valence-electron chi connectivity index (χ2n) is 3.32. The highest BCUT2D eigenvalue weighted by Crippen LogP contribution is 2.21. The van der Waals surface area contributed by atoms with Gasteiger partial charge >= 0.3 is 0 Å². The van der Waals surface area contributed by atoms with Crippen LogP contribution in [0.15, 0.2) is 12.7 Å². The Morgan fingerprint density at radius 2 is 1.87 bits per heavy atom. The number of aliphatic hydroxyl groups excluding tert-OH is 4. The predicted octanol–water partition coefficient (Wildman–Crippen LogP) is -2.01. The smallest absolute Gasteiger partial charge is 0.187 e. The highest BCUT2D eigenvalue weighted by Gasteiger charge is 2.43. The van der Waals surface area contributed by atoms with Crippen LogP contribution in [0.4, 0.5) is 0 Å². The molecule has 0 spiro atoms. The monoisotopic (exact) mass is 220 g/mol. The van der Waals surface area contributed by atoms with Crippen LogP contribution in [0.2, 0.25) is 0 Å². The van der Waals surface area contributed by atoms with Crippen molar-refractivity contribution in [3.8, 4) is 0 Å². The Hall–Kier alpha value is -0.500. The van der Waals surface area contributed by atoms with Crippen molar-refractivity contribution < 1.29 is 29.9 Å². The first-order valence-corrected chi connectivity index (χ1v) is 4.64. The molecule has 1 rings (SSSR count). The molecule has 3 unspecified atom stereocenters. The van der Waals surface area contributed by atoms with Crippen LogP contribution in [0.3, 0.4) is 0 Å². The fourth-order valence-electron chi connectivity index (χ4n) is 1.37. The third-order valence-corrected chi connectivity index (χ3v) is 2.23. The quantitative estimate of drug-likeness (QED) is 0.408. The average Bonchev–Trinajstić information content (AvgIpc) is 2.25. The summed E-state index contributed by atoms with van der Waals surface area (Å²) in [6.45, 7) is 3.10. The molecule has 15 heavy (non-hydrogen) atoms. The summed E-state index contributed by atoms with van der Waals surface area (Å²) in [5, 5.41) is 37.1. The SMILES string of the molecule is C=CCOC1OC(CO)[C@@H](O)[C@H](O)C1O. The average molecular weight is 220 g/mol. The molecule has 1 fully saturated rings. The van der Waals surface area contributed by atoms with Crippen molar-refractivity contribution in [2.24, 2.45) is 0 Å². The van der Waals surface area contributed by atoms with Gasteiger partial charge in [-0.3, -0.25) is 0 Å². The summed E-state index contributed by atoms with van der Waals surface area (Å²) in [6.07, 6.45) is -4.64. The lowest BCUT2D eigenvalue weighted by Crippen LogP contribution is -2.59. The summed E-state index contributed by atoms with van der Waals surface area (Å²) in [4.78, 5) is 0. The van der Waals surface area contributed by atoms with Gasteiger partial charge in [-0.05, 0) is 0 Å². The van der Waals surface area contributed by atoms with Crippen molar-refractivity contribution in [3.05, 3.63) is 12.7 Å². The molecular weight excluding hydrogens is 204 g/mol. The summed E-state index contributed by atoms with van der Waals surface area (Å²) in [5.41, 5.74) is 0. The van der Waals surface area contributed by atoms with Crippen LogP contribution in [0, 0.1) is 0 Å². The van der Waals surface area contributed by atoms with Crippen molar-refractivity contribution in [2.75, 3.05) is 13.2 Å². The Labute approximate surface area is 87.4 Å². The lowest BCUT2D eigenvalue weighted by Gasteiger charge is -2.39. The second kappa shape index (κ2) is 5.55. The van der Waals surface area contributed by atoms with Crippen molar-refractivity contribution in [2.45, 2.75) is 30.7 Å². The van der Waals surface area contributed by atoms with E-state index in [2.05, 4.69) is 6.58 Å². The van der Waals surface area contributed by atoms with Gasteiger partial charge in [0.05, 0.1) is 13.2 Å². The first-order chi connectivity index (χ1) is 7.11. The number of hydrogen-bond donors (Lipinski definition) is 4. The molecule has 4 N–H and O–H groups in total. The molecule has 0 saturated carbocycles. The first kappa shape index (κ1) is 12.6. The summed E-state index contributed by atoms with van der Waals surface area (Å²) < 4.78 is 10.1. The fourth-order valence-corrected chi connectivity index (χ4v) is 1.37. The van der Waals surface area contributed by atoms with E-state index in [1.54, 1.807) is 0 Å². The van der Waals surface area contributed by atoms with E-state index in [0.29, 0.717) is 0 Å². The highest BCUT2D eigenvalue weighted by molar-refractivity contribution is 4.89. The lowest BCUT2D eigenvalue weighted by atomic mass is 9.99. The topological polar surface area (TPSA) is 99.4 Å². The van der Waals surface area contributed by atoms with E-state index in [9.17, 15) is 15.3 Å². The molecule has 5 atom stereocenters. The van der Waals surface area contributed by atoms with E-state index >= 15 is 0 Å². The van der Waals surface area contributed by atoms with Crippen LogP contribution in [-0.2, 0) is 9.47 Å². The van der Waals surface area contributed by atoms with Gasteiger partial charge in [-0.2, -0.15) is 0 Å². The Kier molecular flexibility index (Phi) is 4.65. The fraction of sp³-hybridized carbons (Fsp3) is 0.778. The largest absolute Gasteiger partial charge is 0.394 e. The Morgan fingerprint density at radius 3 is 2.40 bits per heavy atom. The van der Waals surface area contributed by atoms with Crippen molar-refractivity contribution in [3.63, 3.8) is 0 Å². The molecular formula is C9H16O6. The van der Waals surface area contributed by atoms with Crippen molar-refractivity contribution >= 4 is 0 Å². The molecule has 88 valence electrons. The van der Waals surface area contributed by atoms with Crippen LogP contribution in [0.1, 0.15) is 0 Å². The predicted molar refractivity (Wildman–Crippen MR) is 49.9 cm³/mol. The van der Waals surface area contributed by atoms with Crippen LogP contribution in [0.5, 0.6) is 0 Å². The molecule has 0 aromatic carbocycles. The maximum Gasteiger partial charge on any atom is 0.187 e. The normalized spacial score (nSPS) is 41.5. The maximum atomic E-state index is 9.47. The Bertz CT molecular complexity index is 207. The van der Waals surface area contributed by atoms with Gasteiger partial charge in [0.2, 0.25) is 0 Å². The van der Waals surface area contributed by atoms with Gasteiger partial charge in [0.15, 0.2) is 6.29 Å². The van der Waals surface area contributed by atoms with Crippen LogP contribution >= 0.6 is 0 Å². The first-order valence-electron chi connectivity index (χ1n) is 4.64. The molecule has 6 nitrogen and oxygen atoms in total. The van der Waals surface area contributed by atoms with E-state index in [-0.39, 0.29) is 6.61 Å². The van der Waals surface area contributed by atoms with E-state index in [1.165, 1.54) is 6.08 Å². The Morgan fingerprint density at radius 1 is 1.20 bits per heavy atom. The van der Waals surface area contributed by atoms with Crippen molar-refractivity contribution in [1.82, 2.24) is 0 Å². The van der Waals surface area contributed by atoms with Gasteiger partial charge in [-0.25, -0.2) is 0 Å². The van der Waals surface area contributed by atoms with Crippen LogP contribution < -0.4 is 0 Å². The van der Waals surface area contributed by atoms with Gasteiger partial charge in [0.1, 0.15) is 24.4 Å². The molecule has 6 heteroatoms. The third kappa shape index (κ3) is 2.75. The number of ether oxygens (including phenoxy) is 2. The van der Waals surface area contributed by atoms with Gasteiger partial charge in [0, 0.05) is 0 Å². The summed E-state index contributed by atoms with van der Waals surface area (Å²) in [5.74, 6) is 0. The molecule has 1 aliphatic rings. The van der Waals surface area contributed by atoms with Gasteiger partial charge in [-0.1, -0.05) is 6.08 Å². The van der Waals surface area contributed by atoms with E-state index in [4.69, 9.17) is 14.6 Å². The summed E-state index contributed by atoms with van der Waals surface area (Å²) >= 11 is 0. The second-order valence-corrected chi connectivity index (χ2v) is 3.32. The maximum absolute atomic E-state index is 9.47. The zero-order valence-corrected chi connectivity index (χ0v) is 8.19. The minimum atomic E-state index is -1.40. The molecule has 1 aliphatic heterocycles. The Balaban J connectivity index is 2.60. The minimum Gasteiger partial charge on any atom is -0.394 e. The molecule has 1 saturated heterocycles. The molecule has 0 amide bonds. The number of hydrogen-bond acceptors (Lipinski definition) is 6. The molecule has 0 aliphatic carbocycles. The van der Waals surface area contributed by atoms with Gasteiger partial charge < -0.3 is 29.9 Å². The molecule has 0 aromatic rings. The summed E-state index contributed by atoms with van der Waals surface area (Å²) in [7, 11) is 0. The molecule has 1 heterocycles. The molecule has 0 radical (unpaired) electrons. The summed E-state index contributed by atoms with van der Waals surface area (Å²) in [6, 6.07) is 0. The van der Waals surface area contributed by atoms with Crippen molar-refractivity contribution in [1.29, 1.82) is 0 Å². The molecule has 0 bridgehead atoms. The zero-order chi connectivity index (χ0) is 11.4. The van der Waals surface area contributed by atoms with Crippen LogP contribution in [-0.4, -0.2) is 64.3 Å². The van der Waals surface area contributed by atoms with E-state index < -0.39 is 37.3 Å². The van der Waals surface area contributed by atoms with Gasteiger partial charge in [-0.15, -0.1) is 6.58 Å².